The predicted octanol–water partition coefficient (Wildman–Crippen LogP) is 2.24. The maximum atomic E-state index is 13.0. The van der Waals surface area contributed by atoms with E-state index >= 15 is 0 Å². The van der Waals surface area contributed by atoms with Crippen LogP contribution in [0.2, 0.25) is 0 Å². The SMILES string of the molecule is COc1ccc(C)cc1-n1ccc(C(=O)N2CCN(S(=O)(=O)c3ccccc3[N+](=O)[O-])CC2)n1. The van der Waals surface area contributed by atoms with E-state index in [0.29, 0.717) is 11.4 Å². The number of aromatic nitrogens is 2. The summed E-state index contributed by atoms with van der Waals surface area (Å²) in [6.07, 6.45) is 1.67. The van der Waals surface area contributed by atoms with Gasteiger partial charge in [0.25, 0.3) is 11.6 Å². The molecule has 12 heteroatoms. The zero-order valence-electron chi connectivity index (χ0n) is 18.6. The van der Waals surface area contributed by atoms with Gasteiger partial charge in [-0.2, -0.15) is 9.40 Å². The number of ether oxygens (including phenoxy) is 1. The lowest BCUT2D eigenvalue weighted by molar-refractivity contribution is -0.387. The largest absolute Gasteiger partial charge is 0.494 e. The number of carbonyl (C=O) groups excluding carboxylic acids is 1. The van der Waals surface area contributed by atoms with E-state index in [1.54, 1.807) is 24.1 Å². The van der Waals surface area contributed by atoms with Gasteiger partial charge in [-0.15, -0.1) is 0 Å². The first kappa shape index (κ1) is 23.4. The molecule has 0 saturated carbocycles. The van der Waals surface area contributed by atoms with Gasteiger partial charge in [-0.1, -0.05) is 18.2 Å². The second-order valence-corrected chi connectivity index (χ2v) is 9.65. The van der Waals surface area contributed by atoms with Crippen LogP contribution in [0.25, 0.3) is 5.69 Å². The molecule has 0 radical (unpaired) electrons. The average molecular weight is 486 g/mol. The summed E-state index contributed by atoms with van der Waals surface area (Å²) in [5, 5.41) is 15.7. The summed E-state index contributed by atoms with van der Waals surface area (Å²) in [4.78, 5) is 24.7. The zero-order chi connectivity index (χ0) is 24.5. The highest BCUT2D eigenvalue weighted by Crippen LogP contribution is 2.27. The van der Waals surface area contributed by atoms with Gasteiger partial charge in [-0.05, 0) is 36.8 Å². The fourth-order valence-corrected chi connectivity index (χ4v) is 5.39. The van der Waals surface area contributed by atoms with Crippen LogP contribution in [-0.4, -0.2) is 71.5 Å². The van der Waals surface area contributed by atoms with E-state index < -0.39 is 20.6 Å². The van der Waals surface area contributed by atoms with Crippen molar-refractivity contribution in [3.63, 3.8) is 0 Å². The van der Waals surface area contributed by atoms with Crippen LogP contribution in [0.5, 0.6) is 5.75 Å². The molecule has 2 heterocycles. The number of methoxy groups -OCH3 is 1. The van der Waals surface area contributed by atoms with Gasteiger partial charge in [0, 0.05) is 38.4 Å². The molecule has 0 atom stereocenters. The standard InChI is InChI=1S/C22H23N5O6S/c1-16-7-8-20(33-2)19(15-16)26-10-9-17(23-26)22(28)24-11-13-25(14-12-24)34(31,32)21-6-4-3-5-18(21)27(29)30/h3-10,15H,11-14H2,1-2H3. The van der Waals surface area contributed by atoms with Crippen LogP contribution in [0.3, 0.4) is 0 Å². The Balaban J connectivity index is 1.48. The van der Waals surface area contributed by atoms with Crippen LogP contribution in [-0.2, 0) is 10.0 Å². The Morgan fingerprint density at radius 1 is 1.09 bits per heavy atom. The quantitative estimate of drug-likeness (QED) is 0.387. The molecule has 1 saturated heterocycles. The summed E-state index contributed by atoms with van der Waals surface area (Å²) in [5.41, 5.74) is 1.45. The van der Waals surface area contributed by atoms with Crippen molar-refractivity contribution in [3.8, 4) is 11.4 Å². The smallest absolute Gasteiger partial charge is 0.289 e. The highest BCUT2D eigenvalue weighted by atomic mass is 32.2. The van der Waals surface area contributed by atoms with Gasteiger partial charge in [0.15, 0.2) is 10.6 Å². The first-order valence-corrected chi connectivity index (χ1v) is 11.9. The van der Waals surface area contributed by atoms with E-state index in [4.69, 9.17) is 4.74 Å². The van der Waals surface area contributed by atoms with Crippen LogP contribution < -0.4 is 4.74 Å². The highest BCUT2D eigenvalue weighted by molar-refractivity contribution is 7.89. The molecule has 0 unspecified atom stereocenters. The van der Waals surface area contributed by atoms with Gasteiger partial charge in [0.1, 0.15) is 11.4 Å². The number of nitro benzene ring substituents is 1. The summed E-state index contributed by atoms with van der Waals surface area (Å²) in [7, 11) is -2.52. The number of hydrogen-bond donors (Lipinski definition) is 0. The third-order valence-corrected chi connectivity index (χ3v) is 7.54. The minimum absolute atomic E-state index is 0.0204. The number of aryl methyl sites for hydroxylation is 1. The molecule has 1 aliphatic heterocycles. The lowest BCUT2D eigenvalue weighted by Gasteiger charge is -2.33. The average Bonchev–Trinajstić information content (AvgIpc) is 3.34. The van der Waals surface area contributed by atoms with Gasteiger partial charge >= 0.3 is 0 Å². The predicted molar refractivity (Wildman–Crippen MR) is 123 cm³/mol. The number of rotatable bonds is 6. The van der Waals surface area contributed by atoms with Crippen molar-refractivity contribution in [1.29, 1.82) is 0 Å². The van der Waals surface area contributed by atoms with Crippen LogP contribution >= 0.6 is 0 Å². The van der Waals surface area contributed by atoms with Gasteiger partial charge in [-0.25, -0.2) is 13.1 Å². The van der Waals surface area contributed by atoms with Crippen LogP contribution in [0.1, 0.15) is 16.1 Å². The van der Waals surface area contributed by atoms with Crippen molar-refractivity contribution in [2.75, 3.05) is 33.3 Å². The van der Waals surface area contributed by atoms with Crippen LogP contribution in [0.15, 0.2) is 59.6 Å². The van der Waals surface area contributed by atoms with Crippen molar-refractivity contribution in [2.24, 2.45) is 0 Å². The number of nitrogens with zero attached hydrogens (tertiary/aromatic N) is 5. The third kappa shape index (κ3) is 4.37. The van der Waals surface area contributed by atoms with Crippen molar-refractivity contribution < 1.29 is 22.9 Å². The van der Waals surface area contributed by atoms with Gasteiger partial charge in [0.05, 0.1) is 12.0 Å². The minimum atomic E-state index is -4.08. The summed E-state index contributed by atoms with van der Waals surface area (Å²) >= 11 is 0. The summed E-state index contributed by atoms with van der Waals surface area (Å²) in [6, 6.07) is 12.5. The fraction of sp³-hybridized carbons (Fsp3) is 0.273. The number of carbonyl (C=O) groups is 1. The maximum Gasteiger partial charge on any atom is 0.289 e. The number of hydrogen-bond acceptors (Lipinski definition) is 7. The fourth-order valence-electron chi connectivity index (χ4n) is 3.81. The van der Waals surface area contributed by atoms with E-state index in [2.05, 4.69) is 5.10 Å². The van der Waals surface area contributed by atoms with Crippen molar-refractivity contribution in [3.05, 3.63) is 76.1 Å². The molecular formula is C22H23N5O6S. The Bertz CT molecular complexity index is 1350. The Morgan fingerprint density at radius 3 is 2.47 bits per heavy atom. The van der Waals surface area contributed by atoms with E-state index in [-0.39, 0.29) is 42.7 Å². The van der Waals surface area contributed by atoms with Gasteiger partial charge < -0.3 is 9.64 Å². The second kappa shape index (κ2) is 9.23. The summed E-state index contributed by atoms with van der Waals surface area (Å²) in [5.74, 6) is 0.287. The topological polar surface area (TPSA) is 128 Å². The van der Waals surface area contributed by atoms with Gasteiger partial charge in [0.2, 0.25) is 10.0 Å². The molecule has 1 aliphatic rings. The molecule has 4 rings (SSSR count). The molecule has 1 fully saturated rings. The summed E-state index contributed by atoms with van der Waals surface area (Å²) in [6.45, 7) is 2.26. The maximum absolute atomic E-state index is 13.0. The molecule has 1 aromatic heterocycles. The highest BCUT2D eigenvalue weighted by Gasteiger charge is 2.34. The molecule has 1 amide bonds. The van der Waals surface area contributed by atoms with E-state index in [1.165, 1.54) is 23.1 Å². The molecule has 0 N–H and O–H groups in total. The number of sulfonamides is 1. The second-order valence-electron chi connectivity index (χ2n) is 7.74. The normalized spacial score (nSPS) is 14.7. The van der Waals surface area contributed by atoms with Crippen molar-refractivity contribution in [2.45, 2.75) is 11.8 Å². The van der Waals surface area contributed by atoms with E-state index in [9.17, 15) is 23.3 Å². The number of piperazine rings is 1. The lowest BCUT2D eigenvalue weighted by Crippen LogP contribution is -2.50. The van der Waals surface area contributed by atoms with Crippen molar-refractivity contribution >= 4 is 21.6 Å². The minimum Gasteiger partial charge on any atom is -0.494 e. The molecule has 3 aromatic rings. The molecule has 34 heavy (non-hydrogen) atoms. The molecule has 178 valence electrons. The molecular weight excluding hydrogens is 462 g/mol. The lowest BCUT2D eigenvalue weighted by atomic mass is 10.2. The molecule has 0 aliphatic carbocycles. The Labute approximate surface area is 196 Å². The third-order valence-electron chi connectivity index (χ3n) is 5.59. The van der Waals surface area contributed by atoms with E-state index in [0.717, 1.165) is 15.9 Å². The summed E-state index contributed by atoms with van der Waals surface area (Å²) < 4.78 is 34.1. The van der Waals surface area contributed by atoms with Crippen molar-refractivity contribution in [1.82, 2.24) is 19.0 Å². The number of nitro groups is 1. The van der Waals surface area contributed by atoms with Crippen LogP contribution in [0, 0.1) is 17.0 Å². The monoisotopic (exact) mass is 485 g/mol. The Hall–Kier alpha value is -3.77. The number of para-hydroxylation sites is 1. The Kier molecular flexibility index (Phi) is 6.35. The number of amides is 1. The molecule has 0 spiro atoms. The van der Waals surface area contributed by atoms with Gasteiger partial charge in [-0.3, -0.25) is 14.9 Å². The molecule has 2 aromatic carbocycles. The number of benzene rings is 2. The molecule has 0 bridgehead atoms. The zero-order valence-corrected chi connectivity index (χ0v) is 19.4. The molecule has 11 nitrogen and oxygen atoms in total. The van der Waals surface area contributed by atoms with E-state index in [1.807, 2.05) is 25.1 Å². The first-order valence-electron chi connectivity index (χ1n) is 10.5. The Morgan fingerprint density at radius 2 is 1.79 bits per heavy atom. The van der Waals surface area contributed by atoms with Crippen LogP contribution in [0.4, 0.5) is 5.69 Å². The first-order chi connectivity index (χ1) is 16.2.